The van der Waals surface area contributed by atoms with Crippen molar-refractivity contribution < 1.29 is 22.1 Å². The molecule has 0 saturated carbocycles. The molecule has 0 saturated heterocycles. The second-order valence-electron chi connectivity index (χ2n) is 5.85. The number of ether oxygens (including phenoxy) is 2. The topological polar surface area (TPSA) is 117 Å². The summed E-state index contributed by atoms with van der Waals surface area (Å²) in [5.41, 5.74) is 7.54. The molecule has 1 aliphatic heterocycles. The van der Waals surface area contributed by atoms with Gasteiger partial charge in [-0.3, -0.25) is 4.18 Å². The van der Waals surface area contributed by atoms with Gasteiger partial charge in [-0.1, -0.05) is 22.9 Å². The minimum Gasteiger partial charge on any atom is -0.486 e. The molecule has 1 aliphatic rings. The Morgan fingerprint density at radius 3 is 2.65 bits per heavy atom. The Kier molecular flexibility index (Phi) is 5.10. The molecule has 0 spiro atoms. The smallest absolute Gasteiger partial charge is 0.297 e. The van der Waals surface area contributed by atoms with Gasteiger partial charge in [0.15, 0.2) is 17.6 Å². The summed E-state index contributed by atoms with van der Waals surface area (Å²) in [6, 6.07) is 9.56. The standard InChI is InChI=1S/C17H18N2O6S/c1-11-2-4-13(5-3-11)26(21,22)24-10-12-9-23-16-7-6-15(18)14(8-19-20)17(16)25-12/h2-7,12H,8-10,18H2,1H3/t12-/m1/s1. The largest absolute Gasteiger partial charge is 0.486 e. The molecule has 9 heteroatoms. The Morgan fingerprint density at radius 1 is 1.23 bits per heavy atom. The quantitative estimate of drug-likeness (QED) is 0.466. The highest BCUT2D eigenvalue weighted by Crippen LogP contribution is 2.39. The van der Waals surface area contributed by atoms with Crippen molar-refractivity contribution >= 4 is 15.8 Å². The molecular formula is C17H18N2O6S. The lowest BCUT2D eigenvalue weighted by atomic mass is 10.1. The first-order chi connectivity index (χ1) is 12.4. The van der Waals surface area contributed by atoms with Crippen molar-refractivity contribution in [2.75, 3.05) is 18.9 Å². The number of nitrogen functional groups attached to an aromatic ring is 1. The summed E-state index contributed by atoms with van der Waals surface area (Å²) in [7, 11) is -3.91. The summed E-state index contributed by atoms with van der Waals surface area (Å²) >= 11 is 0. The van der Waals surface area contributed by atoms with Crippen LogP contribution in [0.15, 0.2) is 46.5 Å². The fourth-order valence-corrected chi connectivity index (χ4v) is 3.43. The lowest BCUT2D eigenvalue weighted by Crippen LogP contribution is -2.34. The van der Waals surface area contributed by atoms with Crippen molar-refractivity contribution in [2.24, 2.45) is 5.18 Å². The first-order valence-corrected chi connectivity index (χ1v) is 9.27. The van der Waals surface area contributed by atoms with E-state index in [0.717, 1.165) is 5.56 Å². The fourth-order valence-electron chi connectivity index (χ4n) is 2.50. The molecule has 0 aromatic heterocycles. The summed E-state index contributed by atoms with van der Waals surface area (Å²) in [5.74, 6) is 0.715. The van der Waals surface area contributed by atoms with Gasteiger partial charge in [0.25, 0.3) is 10.1 Å². The van der Waals surface area contributed by atoms with E-state index in [1.807, 2.05) is 6.92 Å². The maximum absolute atomic E-state index is 12.3. The first kappa shape index (κ1) is 18.2. The Hall–Kier alpha value is -2.65. The molecule has 0 bridgehead atoms. The predicted molar refractivity (Wildman–Crippen MR) is 94.6 cm³/mol. The fraction of sp³-hybridized carbons (Fsp3) is 0.294. The highest BCUT2D eigenvalue weighted by Gasteiger charge is 2.27. The third-order valence-electron chi connectivity index (χ3n) is 3.91. The number of nitrogens with zero attached hydrogens (tertiary/aromatic N) is 1. The van der Waals surface area contributed by atoms with Crippen LogP contribution in [0.3, 0.4) is 0 Å². The van der Waals surface area contributed by atoms with Gasteiger partial charge in [-0.2, -0.15) is 13.3 Å². The zero-order valence-electron chi connectivity index (χ0n) is 14.0. The molecule has 8 nitrogen and oxygen atoms in total. The molecule has 0 aliphatic carbocycles. The third kappa shape index (κ3) is 3.78. The lowest BCUT2D eigenvalue weighted by Gasteiger charge is -2.28. The summed E-state index contributed by atoms with van der Waals surface area (Å²) in [4.78, 5) is 10.7. The van der Waals surface area contributed by atoms with E-state index < -0.39 is 16.2 Å². The Morgan fingerprint density at radius 2 is 1.96 bits per heavy atom. The van der Waals surface area contributed by atoms with E-state index in [-0.39, 0.29) is 30.4 Å². The predicted octanol–water partition coefficient (Wildman–Crippen LogP) is 2.39. The minimum absolute atomic E-state index is 0.0651. The number of hydrogen-bond acceptors (Lipinski definition) is 8. The van der Waals surface area contributed by atoms with Gasteiger partial charge in [0.2, 0.25) is 0 Å². The van der Waals surface area contributed by atoms with Gasteiger partial charge >= 0.3 is 0 Å². The van der Waals surface area contributed by atoms with Gasteiger partial charge in [0.1, 0.15) is 19.8 Å². The van der Waals surface area contributed by atoms with Crippen LogP contribution in [0.4, 0.5) is 5.69 Å². The van der Waals surface area contributed by atoms with Crippen LogP contribution < -0.4 is 15.2 Å². The normalized spacial score (nSPS) is 16.3. The zero-order valence-corrected chi connectivity index (χ0v) is 14.9. The SMILES string of the molecule is Cc1ccc(S(=O)(=O)OC[C@H]2COc3ccc(N)c(CN=O)c3O2)cc1. The zero-order chi connectivity index (χ0) is 18.7. The van der Waals surface area contributed by atoms with Crippen LogP contribution in [0.1, 0.15) is 11.1 Å². The van der Waals surface area contributed by atoms with E-state index in [1.54, 1.807) is 24.3 Å². The molecule has 0 fully saturated rings. The van der Waals surface area contributed by atoms with Gasteiger partial charge in [0.05, 0.1) is 4.90 Å². The number of nitroso groups, excluding NO2 is 1. The molecule has 0 amide bonds. The molecule has 0 unspecified atom stereocenters. The summed E-state index contributed by atoms with van der Waals surface area (Å²) in [5, 5.41) is 2.84. The van der Waals surface area contributed by atoms with Crippen molar-refractivity contribution in [3.63, 3.8) is 0 Å². The van der Waals surface area contributed by atoms with Gasteiger partial charge in [-0.15, -0.1) is 0 Å². The van der Waals surface area contributed by atoms with Crippen LogP contribution in [-0.4, -0.2) is 27.7 Å². The molecule has 138 valence electrons. The summed E-state index contributed by atoms with van der Waals surface area (Å²) < 4.78 is 40.9. The van der Waals surface area contributed by atoms with E-state index in [9.17, 15) is 13.3 Å². The van der Waals surface area contributed by atoms with Gasteiger partial charge < -0.3 is 15.2 Å². The van der Waals surface area contributed by atoms with E-state index in [0.29, 0.717) is 17.0 Å². The maximum atomic E-state index is 12.3. The average Bonchev–Trinajstić information content (AvgIpc) is 2.63. The van der Waals surface area contributed by atoms with E-state index >= 15 is 0 Å². The van der Waals surface area contributed by atoms with Gasteiger partial charge in [0, 0.05) is 11.3 Å². The van der Waals surface area contributed by atoms with E-state index in [1.165, 1.54) is 12.1 Å². The molecule has 1 atom stereocenters. The van der Waals surface area contributed by atoms with Crippen molar-refractivity contribution in [3.05, 3.63) is 52.4 Å². The number of hydrogen-bond donors (Lipinski definition) is 1. The van der Waals surface area contributed by atoms with Crippen molar-refractivity contribution in [3.8, 4) is 11.5 Å². The molecule has 2 aromatic rings. The van der Waals surface area contributed by atoms with Crippen molar-refractivity contribution in [1.82, 2.24) is 0 Å². The molecule has 1 heterocycles. The highest BCUT2D eigenvalue weighted by atomic mass is 32.2. The average molecular weight is 378 g/mol. The third-order valence-corrected chi connectivity index (χ3v) is 5.21. The Bertz CT molecular complexity index is 912. The summed E-state index contributed by atoms with van der Waals surface area (Å²) in [6.07, 6.45) is -0.671. The molecule has 3 rings (SSSR count). The van der Waals surface area contributed by atoms with E-state index in [4.69, 9.17) is 19.4 Å². The molecular weight excluding hydrogens is 360 g/mol. The van der Waals surface area contributed by atoms with Crippen LogP contribution >= 0.6 is 0 Å². The number of rotatable bonds is 6. The number of benzene rings is 2. The Labute approximate surface area is 151 Å². The van der Waals surface area contributed by atoms with Crippen LogP contribution in [0.2, 0.25) is 0 Å². The minimum atomic E-state index is -3.91. The number of nitrogens with two attached hydrogens (primary N) is 1. The van der Waals surface area contributed by atoms with Crippen LogP contribution in [0, 0.1) is 11.8 Å². The van der Waals surface area contributed by atoms with Crippen LogP contribution in [0.25, 0.3) is 0 Å². The first-order valence-electron chi connectivity index (χ1n) is 7.87. The van der Waals surface area contributed by atoms with Crippen LogP contribution in [0.5, 0.6) is 11.5 Å². The molecule has 2 N–H and O–H groups in total. The molecule has 26 heavy (non-hydrogen) atoms. The number of anilines is 1. The van der Waals surface area contributed by atoms with Gasteiger partial charge in [-0.05, 0) is 31.2 Å². The molecule has 2 aromatic carbocycles. The van der Waals surface area contributed by atoms with Crippen LogP contribution in [-0.2, 0) is 20.8 Å². The number of aryl methyl sites for hydroxylation is 1. The van der Waals surface area contributed by atoms with E-state index in [2.05, 4.69) is 5.18 Å². The van der Waals surface area contributed by atoms with Gasteiger partial charge in [-0.25, -0.2) is 0 Å². The van der Waals surface area contributed by atoms with Crippen molar-refractivity contribution in [2.45, 2.75) is 24.5 Å². The number of fused-ring (bicyclic) bond motifs is 1. The maximum Gasteiger partial charge on any atom is 0.297 e. The lowest BCUT2D eigenvalue weighted by molar-refractivity contribution is 0.0546. The monoisotopic (exact) mass is 378 g/mol. The second-order valence-corrected chi connectivity index (χ2v) is 7.47. The summed E-state index contributed by atoms with van der Waals surface area (Å²) in [6.45, 7) is 1.56. The second kappa shape index (κ2) is 7.30. The molecule has 0 radical (unpaired) electrons. The van der Waals surface area contributed by atoms with Crippen molar-refractivity contribution in [1.29, 1.82) is 0 Å². The highest BCUT2D eigenvalue weighted by molar-refractivity contribution is 7.86. The Balaban J connectivity index is 1.72.